The normalized spacial score (nSPS) is 12.0. The highest BCUT2D eigenvalue weighted by Gasteiger charge is 2.29. The first kappa shape index (κ1) is 33.5. The average molecular weight is 616 g/mol. The highest BCUT2D eigenvalue weighted by atomic mass is 16.6. The third-order valence-corrected chi connectivity index (χ3v) is 8.23. The number of hydrogen-bond donors (Lipinski definition) is 2. The molecule has 45 heavy (non-hydrogen) atoms. The Morgan fingerprint density at radius 3 is 2.04 bits per heavy atom. The van der Waals surface area contributed by atoms with Gasteiger partial charge in [-0.1, -0.05) is 86.3 Å². The number of amides is 2. The van der Waals surface area contributed by atoms with Crippen molar-refractivity contribution < 1.29 is 29.0 Å². The van der Waals surface area contributed by atoms with Crippen molar-refractivity contribution in [1.29, 1.82) is 0 Å². The molecule has 0 heterocycles. The van der Waals surface area contributed by atoms with Crippen LogP contribution in [0.4, 0.5) is 4.79 Å². The average Bonchev–Trinajstić information content (AvgIpc) is 3.37. The number of nitrogens with zero attached hydrogens (tertiary/aromatic N) is 2. The van der Waals surface area contributed by atoms with E-state index in [1.807, 2.05) is 24.3 Å². The van der Waals surface area contributed by atoms with Gasteiger partial charge in [-0.15, -0.1) is 0 Å². The van der Waals surface area contributed by atoms with Gasteiger partial charge in [0, 0.05) is 32.6 Å². The molecule has 0 saturated heterocycles. The zero-order valence-corrected chi connectivity index (χ0v) is 26.4. The maximum Gasteiger partial charge on any atom is 0.409 e. The highest BCUT2D eigenvalue weighted by molar-refractivity contribution is 5.91. The molecule has 0 fully saturated rings. The summed E-state index contributed by atoms with van der Waals surface area (Å²) < 4.78 is 11.1. The van der Waals surface area contributed by atoms with E-state index < -0.39 is 5.97 Å². The number of ether oxygens (including phenoxy) is 2. The molecule has 4 rings (SSSR count). The highest BCUT2D eigenvalue weighted by Crippen LogP contribution is 2.44. The molecule has 1 aliphatic rings. The minimum atomic E-state index is -1.09. The van der Waals surface area contributed by atoms with E-state index in [2.05, 4.69) is 41.5 Å². The van der Waals surface area contributed by atoms with Gasteiger partial charge in [-0.05, 0) is 60.8 Å². The topological polar surface area (TPSA) is 108 Å². The molecule has 0 atom stereocenters. The van der Waals surface area contributed by atoms with Gasteiger partial charge in [0.05, 0.1) is 0 Å². The smallest absolute Gasteiger partial charge is 0.409 e. The Bertz CT molecular complexity index is 1380. The molecule has 0 saturated carbocycles. The van der Waals surface area contributed by atoms with Gasteiger partial charge in [-0.2, -0.15) is 0 Å². The first-order chi connectivity index (χ1) is 21.8. The van der Waals surface area contributed by atoms with Gasteiger partial charge >= 0.3 is 12.1 Å². The molecule has 0 bridgehead atoms. The lowest BCUT2D eigenvalue weighted by Crippen LogP contribution is -2.36. The number of carboxylic acid groups (broad SMARTS) is 1. The van der Waals surface area contributed by atoms with Crippen LogP contribution in [-0.4, -0.2) is 86.4 Å². The molecule has 3 aromatic carbocycles. The van der Waals surface area contributed by atoms with Gasteiger partial charge in [-0.3, -0.25) is 4.79 Å². The van der Waals surface area contributed by atoms with Crippen LogP contribution in [0.25, 0.3) is 11.1 Å². The molecule has 2 amide bonds. The number of carbonyl (C=O) groups is 3. The number of unbranched alkanes of at least 4 members (excludes halogenated alkanes) is 5. The maximum atomic E-state index is 12.7. The summed E-state index contributed by atoms with van der Waals surface area (Å²) >= 11 is 0. The molecule has 0 radical (unpaired) electrons. The molecule has 0 spiro atoms. The number of carboxylic acids is 1. The minimum absolute atomic E-state index is 0.0392. The van der Waals surface area contributed by atoms with Crippen LogP contribution in [0, 0.1) is 0 Å². The summed E-state index contributed by atoms with van der Waals surface area (Å²) in [5.41, 5.74) is 4.91. The fourth-order valence-corrected chi connectivity index (χ4v) is 5.63. The van der Waals surface area contributed by atoms with Crippen LogP contribution < -0.4 is 10.1 Å². The third kappa shape index (κ3) is 9.81. The summed E-state index contributed by atoms with van der Waals surface area (Å²) in [5.74, 6) is -1.10. The zero-order chi connectivity index (χ0) is 32.0. The van der Waals surface area contributed by atoms with E-state index >= 15 is 0 Å². The predicted molar refractivity (Wildman–Crippen MR) is 175 cm³/mol. The van der Waals surface area contributed by atoms with E-state index in [1.54, 1.807) is 30.1 Å². The van der Waals surface area contributed by atoms with Crippen molar-refractivity contribution in [2.75, 3.05) is 53.5 Å². The lowest BCUT2D eigenvalue weighted by atomic mass is 9.98. The molecule has 9 nitrogen and oxygen atoms in total. The predicted octanol–water partition coefficient (Wildman–Crippen LogP) is 6.03. The summed E-state index contributed by atoms with van der Waals surface area (Å²) in [6.45, 7) is 3.06. The van der Waals surface area contributed by atoms with Crippen molar-refractivity contribution in [3.05, 3.63) is 89.5 Å². The van der Waals surface area contributed by atoms with Crippen LogP contribution in [0.1, 0.15) is 65.9 Å². The summed E-state index contributed by atoms with van der Waals surface area (Å²) in [4.78, 5) is 39.9. The number of rotatable bonds is 18. The third-order valence-electron chi connectivity index (χ3n) is 8.23. The van der Waals surface area contributed by atoms with Gasteiger partial charge in [0.25, 0.3) is 5.91 Å². The van der Waals surface area contributed by atoms with E-state index in [1.165, 1.54) is 28.3 Å². The number of hydrogen-bond acceptors (Lipinski definition) is 6. The largest absolute Gasteiger partial charge is 0.483 e. The molecule has 240 valence electrons. The Hall–Kier alpha value is -4.37. The molecule has 0 aromatic heterocycles. The summed E-state index contributed by atoms with van der Waals surface area (Å²) in [6.07, 6.45) is 6.09. The SMILES string of the molecule is CN(CCCCCCCCNC(=O)COc1ccccc1C(=O)O)CCN(C)C(=O)OCC1c2ccccc2-c2ccccc21. The standard InChI is InChI=1S/C36H45N3O6/c1-38(22-14-6-4-3-5-13-21-37-34(40)26-44-33-20-12-11-19-31(33)35(41)42)23-24-39(2)36(43)45-25-32-29-17-9-7-15-27(29)28-16-8-10-18-30(28)32/h7-12,15-20,32H,3-6,13-14,21-26H2,1-2H3,(H,37,40)(H,41,42). The first-order valence-corrected chi connectivity index (χ1v) is 15.8. The molecular formula is C36H45N3O6. The summed E-state index contributed by atoms with van der Waals surface area (Å²) in [7, 11) is 3.87. The lowest BCUT2D eigenvalue weighted by molar-refractivity contribution is -0.123. The number of para-hydroxylation sites is 1. The fourth-order valence-electron chi connectivity index (χ4n) is 5.63. The van der Waals surface area contributed by atoms with Crippen LogP contribution in [0.2, 0.25) is 0 Å². The monoisotopic (exact) mass is 615 g/mol. The molecule has 3 aromatic rings. The van der Waals surface area contributed by atoms with Crippen LogP contribution in [0.15, 0.2) is 72.8 Å². The van der Waals surface area contributed by atoms with Crippen molar-refractivity contribution >= 4 is 18.0 Å². The fraction of sp³-hybridized carbons (Fsp3) is 0.417. The maximum absolute atomic E-state index is 12.7. The molecule has 1 aliphatic carbocycles. The van der Waals surface area contributed by atoms with E-state index in [0.29, 0.717) is 19.7 Å². The summed E-state index contributed by atoms with van der Waals surface area (Å²) in [6, 6.07) is 23.0. The number of nitrogens with one attached hydrogen (secondary N) is 1. The van der Waals surface area contributed by atoms with Crippen molar-refractivity contribution in [3.63, 3.8) is 0 Å². The lowest BCUT2D eigenvalue weighted by Gasteiger charge is -2.23. The molecular weight excluding hydrogens is 570 g/mol. The van der Waals surface area contributed by atoms with Crippen molar-refractivity contribution in [3.8, 4) is 16.9 Å². The second kappa shape index (κ2) is 17.2. The minimum Gasteiger partial charge on any atom is -0.483 e. The summed E-state index contributed by atoms with van der Waals surface area (Å²) in [5, 5.41) is 12.0. The number of carbonyl (C=O) groups excluding carboxylic acids is 2. The van der Waals surface area contributed by atoms with Gasteiger partial charge in [-0.25, -0.2) is 9.59 Å². The number of likely N-dealkylation sites (N-methyl/N-ethyl adjacent to an activating group) is 2. The van der Waals surface area contributed by atoms with Crippen LogP contribution in [0.5, 0.6) is 5.75 Å². The second-order valence-electron chi connectivity index (χ2n) is 11.6. The van der Waals surface area contributed by atoms with Crippen LogP contribution >= 0.6 is 0 Å². The van der Waals surface area contributed by atoms with E-state index in [4.69, 9.17) is 9.47 Å². The Morgan fingerprint density at radius 2 is 1.36 bits per heavy atom. The second-order valence-corrected chi connectivity index (χ2v) is 11.6. The Morgan fingerprint density at radius 1 is 0.756 bits per heavy atom. The van der Waals surface area contributed by atoms with Gasteiger partial charge in [0.2, 0.25) is 0 Å². The van der Waals surface area contributed by atoms with Crippen LogP contribution in [-0.2, 0) is 9.53 Å². The molecule has 9 heteroatoms. The van der Waals surface area contributed by atoms with Gasteiger partial charge in [0.15, 0.2) is 6.61 Å². The van der Waals surface area contributed by atoms with Crippen LogP contribution in [0.3, 0.4) is 0 Å². The van der Waals surface area contributed by atoms with E-state index in [-0.39, 0.29) is 35.8 Å². The van der Waals surface area contributed by atoms with Crippen molar-refractivity contribution in [1.82, 2.24) is 15.1 Å². The number of aromatic carboxylic acids is 1. The van der Waals surface area contributed by atoms with Gasteiger partial charge in [0.1, 0.15) is 17.9 Å². The zero-order valence-electron chi connectivity index (χ0n) is 26.4. The van der Waals surface area contributed by atoms with Gasteiger partial charge < -0.3 is 29.7 Å². The number of benzene rings is 3. The Kier molecular flexibility index (Phi) is 12.8. The number of fused-ring (bicyclic) bond motifs is 3. The Balaban J connectivity index is 1.00. The molecule has 2 N–H and O–H groups in total. The molecule has 0 aliphatic heterocycles. The first-order valence-electron chi connectivity index (χ1n) is 15.8. The van der Waals surface area contributed by atoms with Crippen molar-refractivity contribution in [2.24, 2.45) is 0 Å². The van der Waals surface area contributed by atoms with E-state index in [0.717, 1.165) is 51.6 Å². The Labute approximate surface area is 266 Å². The molecule has 0 unspecified atom stereocenters. The van der Waals surface area contributed by atoms with E-state index in [9.17, 15) is 19.5 Å². The van der Waals surface area contributed by atoms with Crippen molar-refractivity contribution in [2.45, 2.75) is 44.4 Å². The quantitative estimate of drug-likeness (QED) is 0.168.